The van der Waals surface area contributed by atoms with Crippen molar-refractivity contribution in [3.8, 4) is 22.4 Å². The van der Waals surface area contributed by atoms with Gasteiger partial charge in [0.15, 0.2) is 5.65 Å². The molecule has 2 aromatic carbocycles. The standard InChI is InChI=1S/C19H14N4/c20-18-17-15(13-7-3-1-4-8-13)11-16(14-9-5-2-6-10-14)23-19(17)22-12-21-18/h1-12H,(H2,20,21,22,23). The van der Waals surface area contributed by atoms with Crippen LogP contribution in [0.15, 0.2) is 73.1 Å². The van der Waals surface area contributed by atoms with Crippen molar-refractivity contribution >= 4 is 16.9 Å². The molecule has 0 bridgehead atoms. The van der Waals surface area contributed by atoms with Gasteiger partial charge in [-0.3, -0.25) is 0 Å². The van der Waals surface area contributed by atoms with Gasteiger partial charge in [-0.15, -0.1) is 0 Å². The van der Waals surface area contributed by atoms with Crippen LogP contribution in [0.25, 0.3) is 33.4 Å². The average molecular weight is 298 g/mol. The van der Waals surface area contributed by atoms with Crippen LogP contribution in [0.4, 0.5) is 5.82 Å². The number of aromatic nitrogens is 3. The minimum atomic E-state index is 0.445. The lowest BCUT2D eigenvalue weighted by atomic mass is 10.00. The van der Waals surface area contributed by atoms with Crippen LogP contribution >= 0.6 is 0 Å². The lowest BCUT2D eigenvalue weighted by molar-refractivity contribution is 1.19. The van der Waals surface area contributed by atoms with Crippen LogP contribution in [0.1, 0.15) is 0 Å². The summed E-state index contributed by atoms with van der Waals surface area (Å²) in [6.07, 6.45) is 1.45. The van der Waals surface area contributed by atoms with Gasteiger partial charge in [-0.2, -0.15) is 0 Å². The van der Waals surface area contributed by atoms with Crippen molar-refractivity contribution in [3.05, 3.63) is 73.1 Å². The molecule has 23 heavy (non-hydrogen) atoms. The fourth-order valence-electron chi connectivity index (χ4n) is 2.69. The first-order valence-corrected chi connectivity index (χ1v) is 7.35. The first-order chi connectivity index (χ1) is 11.3. The third-order valence-electron chi connectivity index (χ3n) is 3.79. The average Bonchev–Trinajstić information content (AvgIpc) is 2.62. The van der Waals surface area contributed by atoms with Crippen LogP contribution in [-0.4, -0.2) is 15.0 Å². The van der Waals surface area contributed by atoms with Gasteiger partial charge in [0, 0.05) is 5.56 Å². The summed E-state index contributed by atoms with van der Waals surface area (Å²) in [5.41, 5.74) is 10.7. The highest BCUT2D eigenvalue weighted by Crippen LogP contribution is 2.33. The Balaban J connectivity index is 2.06. The lowest BCUT2D eigenvalue weighted by Gasteiger charge is -2.10. The van der Waals surface area contributed by atoms with Crippen LogP contribution in [0.5, 0.6) is 0 Å². The normalized spacial score (nSPS) is 10.8. The van der Waals surface area contributed by atoms with E-state index in [2.05, 4.69) is 27.1 Å². The van der Waals surface area contributed by atoms with E-state index in [0.717, 1.165) is 27.8 Å². The molecule has 4 rings (SSSR count). The Labute approximate surface area is 133 Å². The SMILES string of the molecule is Nc1ncnc2nc(-c3ccccc3)cc(-c3ccccc3)c12. The molecule has 0 spiro atoms. The number of pyridine rings is 1. The predicted octanol–water partition coefficient (Wildman–Crippen LogP) is 3.94. The molecule has 0 unspecified atom stereocenters. The number of nitrogens with two attached hydrogens (primary N) is 1. The summed E-state index contributed by atoms with van der Waals surface area (Å²) >= 11 is 0. The van der Waals surface area contributed by atoms with Crippen LogP contribution in [0.3, 0.4) is 0 Å². The van der Waals surface area contributed by atoms with Crippen molar-refractivity contribution < 1.29 is 0 Å². The number of benzene rings is 2. The molecule has 0 aliphatic rings. The van der Waals surface area contributed by atoms with Gasteiger partial charge in [0.1, 0.15) is 12.1 Å². The number of anilines is 1. The summed E-state index contributed by atoms with van der Waals surface area (Å²) in [6.45, 7) is 0. The summed E-state index contributed by atoms with van der Waals surface area (Å²) in [4.78, 5) is 13.1. The van der Waals surface area contributed by atoms with E-state index >= 15 is 0 Å². The second-order valence-electron chi connectivity index (χ2n) is 5.24. The number of rotatable bonds is 2. The van der Waals surface area contributed by atoms with E-state index in [-0.39, 0.29) is 0 Å². The van der Waals surface area contributed by atoms with E-state index in [4.69, 9.17) is 5.73 Å². The summed E-state index contributed by atoms with van der Waals surface area (Å²) < 4.78 is 0. The van der Waals surface area contributed by atoms with Crippen molar-refractivity contribution in [2.45, 2.75) is 0 Å². The number of fused-ring (bicyclic) bond motifs is 1. The highest BCUT2D eigenvalue weighted by atomic mass is 15.0. The zero-order valence-electron chi connectivity index (χ0n) is 12.3. The molecule has 2 N–H and O–H groups in total. The molecule has 0 saturated heterocycles. The third-order valence-corrected chi connectivity index (χ3v) is 3.79. The molecule has 0 aliphatic carbocycles. The van der Waals surface area contributed by atoms with Crippen molar-refractivity contribution in [2.75, 3.05) is 5.73 Å². The second kappa shape index (κ2) is 5.50. The van der Waals surface area contributed by atoms with E-state index in [1.165, 1.54) is 6.33 Å². The first kappa shape index (κ1) is 13.4. The maximum Gasteiger partial charge on any atom is 0.165 e. The van der Waals surface area contributed by atoms with Crippen LogP contribution in [0, 0.1) is 0 Å². The Morgan fingerprint density at radius 3 is 2.09 bits per heavy atom. The molecule has 0 saturated carbocycles. The minimum absolute atomic E-state index is 0.445. The van der Waals surface area contributed by atoms with E-state index in [0.29, 0.717) is 11.5 Å². The van der Waals surface area contributed by atoms with Gasteiger partial charge in [0.2, 0.25) is 0 Å². The molecule has 2 heterocycles. The molecule has 4 heteroatoms. The molecule has 0 aliphatic heterocycles. The van der Waals surface area contributed by atoms with Gasteiger partial charge in [-0.05, 0) is 17.2 Å². The molecule has 0 amide bonds. The summed E-state index contributed by atoms with van der Waals surface area (Å²) in [7, 11) is 0. The van der Waals surface area contributed by atoms with Gasteiger partial charge >= 0.3 is 0 Å². The fraction of sp³-hybridized carbons (Fsp3) is 0. The second-order valence-corrected chi connectivity index (χ2v) is 5.24. The maximum absolute atomic E-state index is 6.09. The van der Waals surface area contributed by atoms with Gasteiger partial charge in [-0.25, -0.2) is 15.0 Å². The van der Waals surface area contributed by atoms with Gasteiger partial charge in [0.05, 0.1) is 11.1 Å². The summed E-state index contributed by atoms with van der Waals surface area (Å²) in [5, 5.41) is 0.790. The summed E-state index contributed by atoms with van der Waals surface area (Å²) in [5.74, 6) is 0.445. The number of nitrogen functional groups attached to an aromatic ring is 1. The largest absolute Gasteiger partial charge is 0.383 e. The molecular weight excluding hydrogens is 284 g/mol. The summed E-state index contributed by atoms with van der Waals surface area (Å²) in [6, 6.07) is 22.2. The molecule has 0 fully saturated rings. The van der Waals surface area contributed by atoms with Crippen molar-refractivity contribution in [3.63, 3.8) is 0 Å². The number of hydrogen-bond donors (Lipinski definition) is 1. The fourth-order valence-corrected chi connectivity index (χ4v) is 2.69. The van der Waals surface area contributed by atoms with Crippen molar-refractivity contribution in [2.24, 2.45) is 0 Å². The Hall–Kier alpha value is -3.27. The van der Waals surface area contributed by atoms with Gasteiger partial charge < -0.3 is 5.73 Å². The Morgan fingerprint density at radius 1 is 0.739 bits per heavy atom. The molecule has 2 aromatic heterocycles. The van der Waals surface area contributed by atoms with E-state index in [1.54, 1.807) is 0 Å². The Bertz CT molecular complexity index is 966. The molecule has 110 valence electrons. The number of nitrogens with zero attached hydrogens (tertiary/aromatic N) is 3. The van der Waals surface area contributed by atoms with Gasteiger partial charge in [-0.1, -0.05) is 60.7 Å². The van der Waals surface area contributed by atoms with Crippen LogP contribution < -0.4 is 5.73 Å². The molecular formula is C19H14N4. The number of hydrogen-bond acceptors (Lipinski definition) is 4. The monoisotopic (exact) mass is 298 g/mol. The Kier molecular flexibility index (Phi) is 3.20. The van der Waals surface area contributed by atoms with E-state index < -0.39 is 0 Å². The van der Waals surface area contributed by atoms with E-state index in [9.17, 15) is 0 Å². The quantitative estimate of drug-likeness (QED) is 0.608. The lowest BCUT2D eigenvalue weighted by Crippen LogP contribution is -1.98. The molecule has 0 radical (unpaired) electrons. The van der Waals surface area contributed by atoms with Gasteiger partial charge in [0.25, 0.3) is 0 Å². The zero-order chi connectivity index (χ0) is 15.6. The molecule has 4 nitrogen and oxygen atoms in total. The molecule has 4 aromatic rings. The van der Waals surface area contributed by atoms with Crippen LogP contribution in [-0.2, 0) is 0 Å². The molecule has 0 atom stereocenters. The van der Waals surface area contributed by atoms with Crippen LogP contribution in [0.2, 0.25) is 0 Å². The first-order valence-electron chi connectivity index (χ1n) is 7.35. The van der Waals surface area contributed by atoms with Crippen molar-refractivity contribution in [1.29, 1.82) is 0 Å². The zero-order valence-corrected chi connectivity index (χ0v) is 12.3. The topological polar surface area (TPSA) is 64.7 Å². The highest BCUT2D eigenvalue weighted by molar-refractivity contribution is 6.00. The maximum atomic E-state index is 6.09. The third kappa shape index (κ3) is 2.40. The minimum Gasteiger partial charge on any atom is -0.383 e. The highest BCUT2D eigenvalue weighted by Gasteiger charge is 2.13. The predicted molar refractivity (Wildman–Crippen MR) is 92.6 cm³/mol. The Morgan fingerprint density at radius 2 is 1.39 bits per heavy atom. The van der Waals surface area contributed by atoms with Crippen molar-refractivity contribution in [1.82, 2.24) is 15.0 Å². The van der Waals surface area contributed by atoms with E-state index in [1.807, 2.05) is 54.6 Å². The smallest absolute Gasteiger partial charge is 0.165 e.